The van der Waals surface area contributed by atoms with Crippen molar-refractivity contribution in [2.24, 2.45) is 0 Å². The second kappa shape index (κ2) is 10.0. The van der Waals surface area contributed by atoms with Crippen molar-refractivity contribution < 1.29 is 19.8 Å². The van der Waals surface area contributed by atoms with E-state index in [1.807, 2.05) is 0 Å². The van der Waals surface area contributed by atoms with Gasteiger partial charge in [0.1, 0.15) is 0 Å². The third kappa shape index (κ3) is 24.7. The van der Waals surface area contributed by atoms with Gasteiger partial charge in [0, 0.05) is 0 Å². The van der Waals surface area contributed by atoms with Gasteiger partial charge in [-0.3, -0.25) is 0 Å². The number of carboxylic acid groups (broad SMARTS) is 2. The molecule has 84 valence electrons. The maximum Gasteiger partial charge on any atom is 0.0643 e. The van der Waals surface area contributed by atoms with Crippen LogP contribution in [0, 0.1) is 0 Å². The first-order valence-corrected chi connectivity index (χ1v) is 7.91. The summed E-state index contributed by atoms with van der Waals surface area (Å²) in [6.07, 6.45) is 0.769. The van der Waals surface area contributed by atoms with Crippen LogP contribution in [0.2, 0.25) is 7.87 Å². The number of rotatable bonds is 4. The summed E-state index contributed by atoms with van der Waals surface area (Å²) < 4.78 is 2.09. The van der Waals surface area contributed by atoms with Crippen LogP contribution < -0.4 is 10.2 Å². The topological polar surface area (TPSA) is 80.3 Å². The normalized spacial score (nSPS) is 9.73. The third-order valence-electron chi connectivity index (χ3n) is 1.02. The van der Waals surface area contributed by atoms with Crippen molar-refractivity contribution in [2.45, 2.75) is 35.6 Å². The number of carbonyl (C=O) groups is 2. The predicted molar refractivity (Wildman–Crippen MR) is 55.1 cm³/mol. The van der Waals surface area contributed by atoms with Gasteiger partial charge in [-0.25, -0.2) is 0 Å². The molecule has 0 saturated carbocycles. The zero-order valence-electron chi connectivity index (χ0n) is 9.44. The van der Waals surface area contributed by atoms with Gasteiger partial charge in [0.25, 0.3) is 0 Å². The average molecular weight is 319 g/mol. The van der Waals surface area contributed by atoms with E-state index in [9.17, 15) is 19.8 Å². The summed E-state index contributed by atoms with van der Waals surface area (Å²) in [4.78, 5) is 18.8. The van der Waals surface area contributed by atoms with E-state index in [0.717, 1.165) is 7.87 Å². The maximum absolute atomic E-state index is 9.41. The Kier molecular flexibility index (Phi) is 11.3. The second-order valence-electron chi connectivity index (χ2n) is 3.45. The van der Waals surface area contributed by atoms with Gasteiger partial charge in [0.2, 0.25) is 0 Å². The summed E-state index contributed by atoms with van der Waals surface area (Å²) >= 11 is 0.0389. The Balaban J connectivity index is 0. The fourth-order valence-electron chi connectivity index (χ4n) is 0.803. The minimum absolute atomic E-state index is 0.0389. The fraction of sp³-hybridized carbons (Fsp3) is 0.600. The number of hydrogen-bond acceptors (Lipinski definition) is 4. The van der Waals surface area contributed by atoms with E-state index in [2.05, 4.69) is 27.7 Å². The van der Waals surface area contributed by atoms with Crippen LogP contribution in [0.1, 0.15) is 27.7 Å². The Bertz CT molecular complexity index is 199. The molecule has 0 aliphatic carbocycles. The van der Waals surface area contributed by atoms with Crippen molar-refractivity contribution >= 4 is 33.1 Å². The molecule has 0 amide bonds. The van der Waals surface area contributed by atoms with E-state index >= 15 is 0 Å². The molecular formula is C10H16O4Sn. The van der Waals surface area contributed by atoms with Gasteiger partial charge in [-0.05, 0) is 12.2 Å². The van der Waals surface area contributed by atoms with Crippen LogP contribution >= 0.6 is 0 Å². The number of carboxylic acids is 2. The van der Waals surface area contributed by atoms with E-state index in [1.54, 1.807) is 0 Å². The van der Waals surface area contributed by atoms with Gasteiger partial charge in [-0.15, -0.1) is 0 Å². The van der Waals surface area contributed by atoms with Gasteiger partial charge in [-0.1, -0.05) is 0 Å². The first-order valence-electron chi connectivity index (χ1n) is 4.61. The monoisotopic (exact) mass is 320 g/mol. The number of aliphatic carboxylic acids is 2. The van der Waals surface area contributed by atoms with Gasteiger partial charge in [0.05, 0.1) is 11.9 Å². The molecular weight excluding hydrogens is 303 g/mol. The maximum atomic E-state index is 9.41. The molecule has 0 spiro atoms. The molecule has 4 nitrogen and oxygen atoms in total. The molecule has 0 unspecified atom stereocenters. The average Bonchev–Trinajstić information content (AvgIpc) is 1.99. The minimum atomic E-state index is -1.55. The fourth-order valence-corrected chi connectivity index (χ4v) is 4.61. The molecule has 0 aromatic heterocycles. The van der Waals surface area contributed by atoms with Crippen LogP contribution in [0.4, 0.5) is 0 Å². The van der Waals surface area contributed by atoms with Gasteiger partial charge >= 0.3 is 56.7 Å². The quantitative estimate of drug-likeness (QED) is 0.511. The molecule has 0 aromatic rings. The van der Waals surface area contributed by atoms with Gasteiger partial charge in [0.15, 0.2) is 0 Å². The number of carbonyl (C=O) groups excluding carboxylic acids is 2. The molecule has 0 saturated heterocycles. The van der Waals surface area contributed by atoms with Crippen molar-refractivity contribution in [3.8, 4) is 0 Å². The molecule has 15 heavy (non-hydrogen) atoms. The van der Waals surface area contributed by atoms with Crippen molar-refractivity contribution in [1.29, 1.82) is 0 Å². The summed E-state index contributed by atoms with van der Waals surface area (Å²) in [7, 11) is 0. The molecule has 5 heteroatoms. The summed E-state index contributed by atoms with van der Waals surface area (Å²) in [5, 5.41) is 18.8. The van der Waals surface area contributed by atoms with E-state index in [-0.39, 0.29) is 21.1 Å². The molecule has 0 aliphatic rings. The largest absolute Gasteiger partial charge is 0.545 e. The molecule has 0 radical (unpaired) electrons. The van der Waals surface area contributed by atoms with Crippen molar-refractivity contribution in [3.05, 3.63) is 12.2 Å². The van der Waals surface area contributed by atoms with Crippen molar-refractivity contribution in [1.82, 2.24) is 0 Å². The van der Waals surface area contributed by atoms with Gasteiger partial charge < -0.3 is 19.8 Å². The zero-order chi connectivity index (χ0) is 12.4. The number of hydrogen-bond donors (Lipinski definition) is 0. The molecule has 0 rings (SSSR count). The van der Waals surface area contributed by atoms with Crippen LogP contribution in [0.3, 0.4) is 0 Å². The molecule has 0 heterocycles. The zero-order valence-corrected chi connectivity index (χ0v) is 12.3. The Morgan fingerprint density at radius 1 is 0.933 bits per heavy atom. The standard InChI is InChI=1S/C4H4O4.2C3H7.Sn/c5-3(6)1-2-4(7)8;2*1-3-2;/h1-2H,(H,5,6)(H,7,8);2*3H,1-2H3;/q;;;+2/p-2/b2-1-;;;. The summed E-state index contributed by atoms with van der Waals surface area (Å²) in [5.41, 5.74) is 0. The predicted octanol–water partition coefficient (Wildman–Crippen LogP) is -0.610. The molecule has 0 aliphatic heterocycles. The Morgan fingerprint density at radius 2 is 1.20 bits per heavy atom. The van der Waals surface area contributed by atoms with Crippen molar-refractivity contribution in [3.63, 3.8) is 0 Å². The molecule has 0 aromatic carbocycles. The molecule has 0 bridgehead atoms. The van der Waals surface area contributed by atoms with E-state index < -0.39 is 11.9 Å². The Labute approximate surface area is 101 Å². The summed E-state index contributed by atoms with van der Waals surface area (Å²) in [6, 6.07) is 0. The van der Waals surface area contributed by atoms with Crippen LogP contribution in [0.25, 0.3) is 0 Å². The van der Waals surface area contributed by atoms with Crippen LogP contribution in [0.5, 0.6) is 0 Å². The SMILES string of the molecule is C[CH](C)[Sn+2][CH](C)C.O=C([O-])/C=C\C(=O)[O-]. The minimum Gasteiger partial charge on any atom is -0.545 e. The Morgan fingerprint density at radius 3 is 1.27 bits per heavy atom. The Hall–Kier alpha value is -0.521. The molecule has 0 atom stereocenters. The second-order valence-corrected chi connectivity index (χ2v) is 11.0. The van der Waals surface area contributed by atoms with E-state index in [4.69, 9.17) is 0 Å². The van der Waals surface area contributed by atoms with Crippen molar-refractivity contribution in [2.75, 3.05) is 0 Å². The van der Waals surface area contributed by atoms with E-state index in [1.165, 1.54) is 0 Å². The first kappa shape index (κ1) is 16.9. The summed E-state index contributed by atoms with van der Waals surface area (Å²) in [6.45, 7) is 9.36. The third-order valence-corrected chi connectivity index (χ3v) is 4.83. The van der Waals surface area contributed by atoms with Crippen LogP contribution in [-0.2, 0) is 9.59 Å². The van der Waals surface area contributed by atoms with E-state index in [0.29, 0.717) is 12.2 Å². The summed E-state index contributed by atoms with van der Waals surface area (Å²) in [5.74, 6) is -3.09. The van der Waals surface area contributed by atoms with Gasteiger partial charge in [-0.2, -0.15) is 0 Å². The molecule has 0 N–H and O–H groups in total. The van der Waals surface area contributed by atoms with Crippen LogP contribution in [0.15, 0.2) is 12.2 Å². The van der Waals surface area contributed by atoms with Crippen LogP contribution in [-0.4, -0.2) is 33.1 Å². The smallest absolute Gasteiger partial charge is 0.0643 e. The molecule has 0 fully saturated rings. The first-order chi connectivity index (χ1) is 6.75.